The lowest BCUT2D eigenvalue weighted by Crippen LogP contribution is -2.24. The summed E-state index contributed by atoms with van der Waals surface area (Å²) in [6.07, 6.45) is 0.417. The summed E-state index contributed by atoms with van der Waals surface area (Å²) in [6, 6.07) is -0.00422. The number of carbonyl (C=O) groups is 1. The third kappa shape index (κ3) is 3.16. The van der Waals surface area contributed by atoms with Gasteiger partial charge in [-0.05, 0) is 18.5 Å². The second-order valence-electron chi connectivity index (χ2n) is 3.63. The van der Waals surface area contributed by atoms with Crippen LogP contribution in [0.5, 0.6) is 0 Å². The van der Waals surface area contributed by atoms with Crippen molar-refractivity contribution < 1.29 is 4.79 Å². The fourth-order valence-electron chi connectivity index (χ4n) is 1.54. The number of anilines is 2. The highest BCUT2D eigenvalue weighted by atomic mass is 35.5. The van der Waals surface area contributed by atoms with Crippen molar-refractivity contribution in [1.82, 2.24) is 20.3 Å². The Hall–Kier alpha value is -1.63. The van der Waals surface area contributed by atoms with Crippen molar-refractivity contribution in [1.29, 1.82) is 0 Å². The zero-order valence-electron chi connectivity index (χ0n) is 9.33. The highest BCUT2D eigenvalue weighted by molar-refractivity contribution is 6.28. The molecule has 0 spiro atoms. The minimum atomic E-state index is -0.00422. The summed E-state index contributed by atoms with van der Waals surface area (Å²) >= 11 is 5.78. The highest BCUT2D eigenvalue weighted by Crippen LogP contribution is 2.12. The van der Waals surface area contributed by atoms with Crippen molar-refractivity contribution in [3.05, 3.63) is 5.28 Å². The number of amides is 1. The van der Waals surface area contributed by atoms with Gasteiger partial charge in [-0.15, -0.1) is 0 Å². The molecule has 8 heteroatoms. The van der Waals surface area contributed by atoms with Crippen molar-refractivity contribution >= 4 is 29.4 Å². The molecule has 3 N–H and O–H groups in total. The zero-order chi connectivity index (χ0) is 12.3. The molecule has 2 heterocycles. The number of nitrogens with one attached hydrogen (secondary N) is 3. The van der Waals surface area contributed by atoms with Crippen LogP contribution in [0, 0.1) is 0 Å². The Morgan fingerprint density at radius 3 is 2.82 bits per heavy atom. The molecule has 1 unspecified atom stereocenters. The first-order chi connectivity index (χ1) is 8.17. The standard InChI is InChI=1S/C9H13ClN6O/c1-2-11-8-14-7(10)15-9(16-8)13-5-3-6(17)12-4-5/h5H,2-4H2,1H3,(H,12,17)(H2,11,13,14,15,16). The lowest BCUT2D eigenvalue weighted by molar-refractivity contribution is -0.119. The molecule has 17 heavy (non-hydrogen) atoms. The van der Waals surface area contributed by atoms with Crippen LogP contribution in [0.3, 0.4) is 0 Å². The fraction of sp³-hybridized carbons (Fsp3) is 0.556. The monoisotopic (exact) mass is 256 g/mol. The molecule has 0 saturated carbocycles. The molecule has 0 aromatic carbocycles. The van der Waals surface area contributed by atoms with E-state index < -0.39 is 0 Å². The van der Waals surface area contributed by atoms with Crippen molar-refractivity contribution in [3.8, 4) is 0 Å². The van der Waals surface area contributed by atoms with E-state index in [1.54, 1.807) is 0 Å². The summed E-state index contributed by atoms with van der Waals surface area (Å²) < 4.78 is 0. The van der Waals surface area contributed by atoms with Gasteiger partial charge in [-0.2, -0.15) is 15.0 Å². The molecule has 0 bridgehead atoms. The molecule has 92 valence electrons. The van der Waals surface area contributed by atoms with Gasteiger partial charge in [0.25, 0.3) is 0 Å². The summed E-state index contributed by atoms with van der Waals surface area (Å²) in [5.41, 5.74) is 0. The molecule has 0 radical (unpaired) electrons. The van der Waals surface area contributed by atoms with E-state index in [0.29, 0.717) is 31.4 Å². The molecule has 1 atom stereocenters. The average Bonchev–Trinajstić information content (AvgIpc) is 2.63. The quantitative estimate of drug-likeness (QED) is 0.716. The Kier molecular flexibility index (Phi) is 3.58. The number of carbonyl (C=O) groups excluding carboxylic acids is 1. The highest BCUT2D eigenvalue weighted by Gasteiger charge is 2.22. The Morgan fingerprint density at radius 2 is 2.18 bits per heavy atom. The Morgan fingerprint density at radius 1 is 1.41 bits per heavy atom. The van der Waals surface area contributed by atoms with Crippen LogP contribution < -0.4 is 16.0 Å². The van der Waals surface area contributed by atoms with E-state index in [-0.39, 0.29) is 17.2 Å². The number of hydrogen-bond acceptors (Lipinski definition) is 6. The van der Waals surface area contributed by atoms with Crippen molar-refractivity contribution in [2.45, 2.75) is 19.4 Å². The number of aromatic nitrogens is 3. The lowest BCUT2D eigenvalue weighted by Gasteiger charge is -2.11. The van der Waals surface area contributed by atoms with Crippen LogP contribution in [0.2, 0.25) is 5.28 Å². The minimum Gasteiger partial charge on any atom is -0.354 e. The van der Waals surface area contributed by atoms with Crippen LogP contribution in [0.1, 0.15) is 13.3 Å². The fourth-order valence-corrected chi connectivity index (χ4v) is 1.70. The topological polar surface area (TPSA) is 91.8 Å². The van der Waals surface area contributed by atoms with Crippen molar-refractivity contribution in [2.75, 3.05) is 23.7 Å². The van der Waals surface area contributed by atoms with E-state index >= 15 is 0 Å². The molecule has 1 aromatic heterocycles. The lowest BCUT2D eigenvalue weighted by atomic mass is 10.3. The first-order valence-electron chi connectivity index (χ1n) is 5.36. The molecule has 1 aliphatic heterocycles. The predicted octanol–water partition coefficient (Wildman–Crippen LogP) is 0.257. The molecule has 1 aromatic rings. The average molecular weight is 257 g/mol. The summed E-state index contributed by atoms with van der Waals surface area (Å²) in [6.45, 7) is 3.20. The van der Waals surface area contributed by atoms with Crippen molar-refractivity contribution in [3.63, 3.8) is 0 Å². The van der Waals surface area contributed by atoms with Crippen LogP contribution >= 0.6 is 11.6 Å². The third-order valence-electron chi connectivity index (χ3n) is 2.25. The van der Waals surface area contributed by atoms with Crippen LogP contribution in [0.4, 0.5) is 11.9 Å². The molecule has 0 aliphatic carbocycles. The van der Waals surface area contributed by atoms with E-state index in [9.17, 15) is 4.79 Å². The summed E-state index contributed by atoms with van der Waals surface area (Å²) in [7, 11) is 0. The maximum Gasteiger partial charge on any atom is 0.229 e. The van der Waals surface area contributed by atoms with Gasteiger partial charge >= 0.3 is 0 Å². The Bertz CT molecular complexity index is 426. The van der Waals surface area contributed by atoms with Crippen molar-refractivity contribution in [2.24, 2.45) is 0 Å². The van der Waals surface area contributed by atoms with Gasteiger partial charge in [-0.1, -0.05) is 0 Å². The number of hydrogen-bond donors (Lipinski definition) is 3. The maximum atomic E-state index is 11.0. The number of rotatable bonds is 4. The molecule has 7 nitrogen and oxygen atoms in total. The van der Waals surface area contributed by atoms with Crippen LogP contribution in [0.15, 0.2) is 0 Å². The Labute approximate surface area is 103 Å². The van der Waals surface area contributed by atoms with E-state index in [1.165, 1.54) is 0 Å². The smallest absolute Gasteiger partial charge is 0.229 e. The second-order valence-corrected chi connectivity index (χ2v) is 3.97. The van der Waals surface area contributed by atoms with E-state index in [1.807, 2.05) is 6.92 Å². The van der Waals surface area contributed by atoms with E-state index in [0.717, 1.165) is 0 Å². The molecule has 1 amide bonds. The predicted molar refractivity (Wildman–Crippen MR) is 64.0 cm³/mol. The van der Waals surface area contributed by atoms with E-state index in [2.05, 4.69) is 30.9 Å². The third-order valence-corrected chi connectivity index (χ3v) is 2.42. The molecule has 2 rings (SSSR count). The number of nitrogens with zero attached hydrogens (tertiary/aromatic N) is 3. The van der Waals surface area contributed by atoms with Gasteiger partial charge in [0.1, 0.15) is 0 Å². The van der Waals surface area contributed by atoms with Gasteiger partial charge in [-0.3, -0.25) is 4.79 Å². The second kappa shape index (κ2) is 5.13. The molecule has 1 saturated heterocycles. The summed E-state index contributed by atoms with van der Waals surface area (Å²) in [5, 5.41) is 8.84. The molecular weight excluding hydrogens is 244 g/mol. The number of halogens is 1. The SMILES string of the molecule is CCNc1nc(Cl)nc(NC2CNC(=O)C2)n1. The first kappa shape index (κ1) is 11.8. The van der Waals surface area contributed by atoms with Gasteiger partial charge < -0.3 is 16.0 Å². The zero-order valence-corrected chi connectivity index (χ0v) is 10.1. The van der Waals surface area contributed by atoms with E-state index in [4.69, 9.17) is 11.6 Å². The molecule has 1 fully saturated rings. The molecule has 1 aliphatic rings. The van der Waals surface area contributed by atoms with Gasteiger partial charge in [0, 0.05) is 19.5 Å². The Balaban J connectivity index is 2.07. The van der Waals surface area contributed by atoms with Crippen LogP contribution in [0.25, 0.3) is 0 Å². The largest absolute Gasteiger partial charge is 0.354 e. The normalized spacial score (nSPS) is 18.9. The van der Waals surface area contributed by atoms with Gasteiger partial charge in [0.2, 0.25) is 23.1 Å². The minimum absolute atomic E-state index is 0.00422. The first-order valence-corrected chi connectivity index (χ1v) is 5.74. The maximum absolute atomic E-state index is 11.0. The van der Waals surface area contributed by atoms with Gasteiger partial charge in [-0.25, -0.2) is 0 Å². The van der Waals surface area contributed by atoms with Crippen LogP contribution in [-0.2, 0) is 4.79 Å². The van der Waals surface area contributed by atoms with Gasteiger partial charge in [0.15, 0.2) is 0 Å². The molecular formula is C9H13ClN6O. The van der Waals surface area contributed by atoms with Crippen LogP contribution in [-0.4, -0.2) is 40.0 Å². The van der Waals surface area contributed by atoms with Gasteiger partial charge in [0.05, 0.1) is 6.04 Å². The summed E-state index contributed by atoms with van der Waals surface area (Å²) in [4.78, 5) is 23.1. The summed E-state index contributed by atoms with van der Waals surface area (Å²) in [5.74, 6) is 0.823.